The van der Waals surface area contributed by atoms with E-state index in [4.69, 9.17) is 5.84 Å². The van der Waals surface area contributed by atoms with E-state index >= 15 is 0 Å². The Kier molecular flexibility index (Phi) is 3.03. The summed E-state index contributed by atoms with van der Waals surface area (Å²) in [6.45, 7) is 9.01. The largest absolute Gasteiger partial charge is 0.304 e. The van der Waals surface area contributed by atoms with Crippen molar-refractivity contribution in [2.45, 2.75) is 49.9 Å². The van der Waals surface area contributed by atoms with E-state index in [-0.39, 0.29) is 11.0 Å². The molecule has 0 aromatic heterocycles. The molecule has 1 aromatic rings. The highest BCUT2D eigenvalue weighted by Gasteiger charge is 2.52. The van der Waals surface area contributed by atoms with Crippen molar-refractivity contribution >= 4 is 21.6 Å². The summed E-state index contributed by atoms with van der Waals surface area (Å²) in [5, 5.41) is 1.96. The minimum absolute atomic E-state index is 0.0559. The summed E-state index contributed by atoms with van der Waals surface area (Å²) in [6.07, 6.45) is 1.02. The average molecular weight is 297 g/mol. The Labute approximate surface area is 112 Å². The van der Waals surface area contributed by atoms with Crippen molar-refractivity contribution in [3.05, 3.63) is 29.8 Å². The molecule has 2 rings (SSSR count). The monoisotopic (exact) mass is 296 g/mol. The van der Waals surface area contributed by atoms with Gasteiger partial charge in [0, 0.05) is 10.2 Å². The minimum atomic E-state index is -0.0559. The number of hydrogen-bond donors (Lipinski definition) is 1. The molecule has 0 saturated carbocycles. The van der Waals surface area contributed by atoms with Gasteiger partial charge in [-0.2, -0.15) is 0 Å². The Morgan fingerprint density at radius 1 is 1.29 bits per heavy atom. The normalized spacial score (nSPS) is 28.0. The van der Waals surface area contributed by atoms with Crippen LogP contribution in [0.3, 0.4) is 0 Å². The predicted octanol–water partition coefficient (Wildman–Crippen LogP) is 3.59. The first-order valence-electron chi connectivity index (χ1n) is 6.09. The zero-order chi connectivity index (χ0) is 12.8. The number of nitrogens with two attached hydrogens (primary N) is 1. The van der Waals surface area contributed by atoms with Crippen molar-refractivity contribution in [1.29, 1.82) is 0 Å². The molecule has 3 heteroatoms. The van der Waals surface area contributed by atoms with E-state index in [1.54, 1.807) is 0 Å². The Morgan fingerprint density at radius 3 is 2.41 bits per heavy atom. The third-order valence-corrected chi connectivity index (χ3v) is 4.72. The first-order chi connectivity index (χ1) is 7.80. The van der Waals surface area contributed by atoms with Crippen LogP contribution in [0.5, 0.6) is 0 Å². The fourth-order valence-electron chi connectivity index (χ4n) is 2.97. The fourth-order valence-corrected chi connectivity index (χ4v) is 3.60. The van der Waals surface area contributed by atoms with Crippen LogP contribution in [0.4, 0.5) is 5.69 Å². The maximum absolute atomic E-state index is 6.36. The van der Waals surface area contributed by atoms with Crippen molar-refractivity contribution in [2.75, 3.05) is 5.01 Å². The number of benzene rings is 1. The van der Waals surface area contributed by atoms with Crippen LogP contribution in [-0.2, 0) is 5.41 Å². The van der Waals surface area contributed by atoms with Crippen molar-refractivity contribution < 1.29 is 0 Å². The van der Waals surface area contributed by atoms with Gasteiger partial charge in [-0.1, -0.05) is 54.9 Å². The van der Waals surface area contributed by atoms with Gasteiger partial charge in [-0.25, -0.2) is 5.84 Å². The quantitative estimate of drug-likeness (QED) is 0.667. The third kappa shape index (κ3) is 1.71. The first kappa shape index (κ1) is 12.9. The van der Waals surface area contributed by atoms with Crippen LogP contribution < -0.4 is 10.9 Å². The highest BCUT2D eigenvalue weighted by molar-refractivity contribution is 9.09. The molecule has 0 bridgehead atoms. The van der Waals surface area contributed by atoms with Crippen molar-refractivity contribution in [1.82, 2.24) is 0 Å². The number of para-hydroxylation sites is 1. The number of rotatable bonds is 2. The molecular weight excluding hydrogens is 276 g/mol. The summed E-state index contributed by atoms with van der Waals surface area (Å²) < 4.78 is 0. The van der Waals surface area contributed by atoms with Crippen LogP contribution >= 0.6 is 15.9 Å². The van der Waals surface area contributed by atoms with Gasteiger partial charge in [-0.15, -0.1) is 0 Å². The molecular formula is C14H21BrN2. The fraction of sp³-hybridized carbons (Fsp3) is 0.571. The number of hydrazine groups is 1. The second kappa shape index (κ2) is 3.99. The third-order valence-electron chi connectivity index (χ3n) is 4.39. The zero-order valence-electron chi connectivity index (χ0n) is 11.0. The van der Waals surface area contributed by atoms with E-state index < -0.39 is 0 Å². The smallest absolute Gasteiger partial charge is 0.0635 e. The summed E-state index contributed by atoms with van der Waals surface area (Å²) >= 11 is 3.66. The molecule has 0 amide bonds. The lowest BCUT2D eigenvalue weighted by Crippen LogP contribution is -2.57. The topological polar surface area (TPSA) is 29.3 Å². The number of anilines is 1. The van der Waals surface area contributed by atoms with E-state index in [1.807, 2.05) is 5.01 Å². The molecule has 94 valence electrons. The molecule has 2 atom stereocenters. The molecule has 1 aliphatic rings. The maximum atomic E-state index is 6.36. The van der Waals surface area contributed by atoms with Gasteiger partial charge >= 0.3 is 0 Å². The highest BCUT2D eigenvalue weighted by atomic mass is 79.9. The number of fused-ring (bicyclic) bond motifs is 1. The van der Waals surface area contributed by atoms with Crippen LogP contribution in [0.15, 0.2) is 24.3 Å². The van der Waals surface area contributed by atoms with Gasteiger partial charge in [0.25, 0.3) is 0 Å². The van der Waals surface area contributed by atoms with Crippen LogP contribution in [0.25, 0.3) is 0 Å². The SMILES string of the molecule is CC(Br)CC1(C)N(N)c2ccccc2C1(C)C. The van der Waals surface area contributed by atoms with Crippen molar-refractivity contribution in [2.24, 2.45) is 5.84 Å². The zero-order valence-corrected chi connectivity index (χ0v) is 12.6. The van der Waals surface area contributed by atoms with E-state index in [9.17, 15) is 0 Å². The highest BCUT2D eigenvalue weighted by Crippen LogP contribution is 2.52. The number of hydrogen-bond acceptors (Lipinski definition) is 2. The molecule has 2 nitrogen and oxygen atoms in total. The second-order valence-corrected chi connectivity index (χ2v) is 7.33. The molecule has 0 saturated heterocycles. The van der Waals surface area contributed by atoms with Gasteiger partial charge in [0.1, 0.15) is 0 Å². The summed E-state index contributed by atoms with van der Waals surface area (Å²) in [5.74, 6) is 6.36. The summed E-state index contributed by atoms with van der Waals surface area (Å²) in [6, 6.07) is 8.45. The predicted molar refractivity (Wildman–Crippen MR) is 77.5 cm³/mol. The number of nitrogens with zero attached hydrogens (tertiary/aromatic N) is 1. The summed E-state index contributed by atoms with van der Waals surface area (Å²) in [7, 11) is 0. The van der Waals surface area contributed by atoms with Gasteiger partial charge in [0.05, 0.1) is 11.2 Å². The molecule has 2 unspecified atom stereocenters. The summed E-state index contributed by atoms with van der Waals surface area (Å²) in [4.78, 5) is 0.451. The molecule has 0 spiro atoms. The van der Waals surface area contributed by atoms with E-state index in [1.165, 1.54) is 5.56 Å². The van der Waals surface area contributed by atoms with Crippen molar-refractivity contribution in [3.8, 4) is 0 Å². The van der Waals surface area contributed by atoms with E-state index in [2.05, 4.69) is 67.9 Å². The lowest BCUT2D eigenvalue weighted by Gasteiger charge is -2.44. The first-order valence-corrected chi connectivity index (χ1v) is 7.01. The van der Waals surface area contributed by atoms with Crippen LogP contribution in [0.1, 0.15) is 39.7 Å². The molecule has 1 heterocycles. The lowest BCUT2D eigenvalue weighted by atomic mass is 9.69. The second-order valence-electron chi connectivity index (χ2n) is 5.77. The van der Waals surface area contributed by atoms with Crippen LogP contribution in [-0.4, -0.2) is 10.4 Å². The molecule has 2 N–H and O–H groups in total. The standard InChI is InChI=1S/C14H21BrN2/c1-10(15)9-14(4)13(2,3)11-7-5-6-8-12(11)17(14)16/h5-8,10H,9,16H2,1-4H3. The summed E-state index contributed by atoms with van der Waals surface area (Å²) in [5.41, 5.74) is 2.51. The van der Waals surface area contributed by atoms with Crippen LogP contribution in [0, 0.1) is 0 Å². The average Bonchev–Trinajstić information content (AvgIpc) is 2.39. The maximum Gasteiger partial charge on any atom is 0.0635 e. The van der Waals surface area contributed by atoms with Crippen LogP contribution in [0.2, 0.25) is 0 Å². The molecule has 1 aromatic carbocycles. The molecule has 0 fully saturated rings. The van der Waals surface area contributed by atoms with Crippen molar-refractivity contribution in [3.63, 3.8) is 0 Å². The molecule has 0 aliphatic carbocycles. The minimum Gasteiger partial charge on any atom is -0.304 e. The number of halogens is 1. The van der Waals surface area contributed by atoms with Gasteiger partial charge in [0.2, 0.25) is 0 Å². The molecule has 0 radical (unpaired) electrons. The van der Waals surface area contributed by atoms with E-state index in [0.29, 0.717) is 4.83 Å². The molecule has 17 heavy (non-hydrogen) atoms. The van der Waals surface area contributed by atoms with Gasteiger partial charge in [0.15, 0.2) is 0 Å². The van der Waals surface area contributed by atoms with Gasteiger partial charge in [-0.3, -0.25) is 0 Å². The number of alkyl halides is 1. The molecule has 1 aliphatic heterocycles. The Bertz CT molecular complexity index is 428. The Balaban J connectivity index is 2.53. The van der Waals surface area contributed by atoms with Gasteiger partial charge in [-0.05, 0) is 25.0 Å². The Hall–Kier alpha value is -0.540. The lowest BCUT2D eigenvalue weighted by molar-refractivity contribution is 0.268. The van der Waals surface area contributed by atoms with E-state index in [0.717, 1.165) is 12.1 Å². The Morgan fingerprint density at radius 2 is 1.88 bits per heavy atom. The van der Waals surface area contributed by atoms with Gasteiger partial charge < -0.3 is 5.01 Å².